The molecule has 14 heteroatoms. The first kappa shape index (κ1) is 41.8. The van der Waals surface area contributed by atoms with Crippen molar-refractivity contribution in [2.45, 2.75) is 136 Å². The number of aliphatic hydroxyl groups excluding tert-OH is 2. The highest BCUT2D eigenvalue weighted by molar-refractivity contribution is 5.96. The van der Waals surface area contributed by atoms with Crippen molar-refractivity contribution in [3.8, 4) is 0 Å². The molecule has 14 nitrogen and oxygen atoms in total. The van der Waals surface area contributed by atoms with Crippen molar-refractivity contribution in [2.24, 2.45) is 17.8 Å². The van der Waals surface area contributed by atoms with Gasteiger partial charge in [0.05, 0.1) is 18.6 Å². The van der Waals surface area contributed by atoms with E-state index in [1.807, 2.05) is 20.8 Å². The highest BCUT2D eigenvalue weighted by atomic mass is 16.5. The van der Waals surface area contributed by atoms with Crippen molar-refractivity contribution < 1.29 is 43.7 Å². The Labute approximate surface area is 279 Å². The van der Waals surface area contributed by atoms with Crippen LogP contribution in [0.25, 0.3) is 0 Å². The van der Waals surface area contributed by atoms with E-state index in [9.17, 15) is 39.0 Å². The fraction of sp³-hybridized carbons (Fsp3) is 0.818. The predicted molar refractivity (Wildman–Crippen MR) is 175 cm³/mol. The fourth-order valence-corrected chi connectivity index (χ4v) is 5.43. The van der Waals surface area contributed by atoms with Gasteiger partial charge in [-0.05, 0) is 38.0 Å². The quantitative estimate of drug-likeness (QED) is 0.128. The number of aliphatic hydroxyl groups is 2. The SMILES string of the molecule is CCCCCCCC1OC(=O)CNC(=O)C(C(C)O)NC(=O)C(CO)NC(=O)C(C(C)CC)NC(=O)C(CC(C)C)N(C)C(=O)C1C. The Morgan fingerprint density at radius 2 is 1.47 bits per heavy atom. The van der Waals surface area contributed by atoms with Crippen LogP contribution < -0.4 is 21.3 Å². The van der Waals surface area contributed by atoms with Crippen molar-refractivity contribution in [3.63, 3.8) is 0 Å². The maximum atomic E-state index is 13.9. The number of carbonyl (C=O) groups excluding carboxylic acids is 6. The smallest absolute Gasteiger partial charge is 0.325 e. The van der Waals surface area contributed by atoms with Crippen molar-refractivity contribution in [1.82, 2.24) is 26.2 Å². The molecule has 0 aliphatic carbocycles. The molecule has 1 rings (SSSR count). The molecule has 8 atom stereocenters. The molecule has 5 amide bonds. The molecule has 47 heavy (non-hydrogen) atoms. The lowest BCUT2D eigenvalue weighted by Gasteiger charge is -2.34. The van der Waals surface area contributed by atoms with Crippen LogP contribution in [0.3, 0.4) is 0 Å². The van der Waals surface area contributed by atoms with E-state index < -0.39 is 96.9 Å². The monoisotopic (exact) mass is 669 g/mol. The summed E-state index contributed by atoms with van der Waals surface area (Å²) in [5.41, 5.74) is 0. The lowest BCUT2D eigenvalue weighted by molar-refractivity contribution is -0.157. The highest BCUT2D eigenvalue weighted by Crippen LogP contribution is 2.22. The van der Waals surface area contributed by atoms with Gasteiger partial charge < -0.3 is 41.1 Å². The van der Waals surface area contributed by atoms with Gasteiger partial charge >= 0.3 is 5.97 Å². The second-order valence-corrected chi connectivity index (χ2v) is 13.2. The molecule has 0 aromatic rings. The molecule has 0 radical (unpaired) electrons. The minimum absolute atomic E-state index is 0.00563. The molecule has 6 N–H and O–H groups in total. The molecule has 1 aliphatic heterocycles. The van der Waals surface area contributed by atoms with Gasteiger partial charge in [0, 0.05) is 7.05 Å². The third-order valence-electron chi connectivity index (χ3n) is 8.71. The number of esters is 1. The first-order chi connectivity index (χ1) is 22.1. The number of rotatable bonds is 12. The zero-order valence-electron chi connectivity index (χ0n) is 29.5. The van der Waals surface area contributed by atoms with Crippen LogP contribution in [-0.4, -0.2) is 107 Å². The summed E-state index contributed by atoms with van der Waals surface area (Å²) in [7, 11) is 1.51. The zero-order chi connectivity index (χ0) is 35.8. The van der Waals surface area contributed by atoms with Crippen LogP contribution in [0.5, 0.6) is 0 Å². The molecule has 0 spiro atoms. The number of nitrogens with one attached hydrogen (secondary N) is 4. The summed E-state index contributed by atoms with van der Waals surface area (Å²) in [6.45, 7) is 10.9. The number of hydrogen-bond acceptors (Lipinski definition) is 9. The van der Waals surface area contributed by atoms with E-state index in [2.05, 4.69) is 28.2 Å². The molecule has 0 aromatic heterocycles. The molecular formula is C33H59N5O9. The van der Waals surface area contributed by atoms with E-state index in [0.717, 1.165) is 25.7 Å². The van der Waals surface area contributed by atoms with Crippen molar-refractivity contribution in [2.75, 3.05) is 20.2 Å². The summed E-state index contributed by atoms with van der Waals surface area (Å²) in [6.07, 6.45) is 3.53. The minimum atomic E-state index is -1.53. The van der Waals surface area contributed by atoms with Crippen molar-refractivity contribution >= 4 is 35.5 Å². The molecule has 0 bridgehead atoms. The Kier molecular flexibility index (Phi) is 18.5. The van der Waals surface area contributed by atoms with E-state index in [1.165, 1.54) is 18.9 Å². The van der Waals surface area contributed by atoms with Crippen molar-refractivity contribution in [3.05, 3.63) is 0 Å². The Morgan fingerprint density at radius 3 is 2.02 bits per heavy atom. The molecule has 0 saturated carbocycles. The number of ether oxygens (including phenoxy) is 1. The van der Waals surface area contributed by atoms with Crippen LogP contribution in [0.4, 0.5) is 0 Å². The maximum Gasteiger partial charge on any atom is 0.325 e. The summed E-state index contributed by atoms with van der Waals surface area (Å²) in [5, 5.41) is 30.1. The number of unbranched alkanes of at least 4 members (excludes halogenated alkanes) is 4. The number of likely N-dealkylation sites (N-methyl/N-ethyl adjacent to an activating group) is 1. The first-order valence-electron chi connectivity index (χ1n) is 17.0. The maximum absolute atomic E-state index is 13.9. The van der Waals surface area contributed by atoms with Gasteiger partial charge in [-0.2, -0.15) is 0 Å². The minimum Gasteiger partial charge on any atom is -0.460 e. The Hall–Kier alpha value is -3.26. The molecule has 1 fully saturated rings. The summed E-state index contributed by atoms with van der Waals surface area (Å²) in [6, 6.07) is -5.15. The summed E-state index contributed by atoms with van der Waals surface area (Å²) in [4.78, 5) is 81.5. The van der Waals surface area contributed by atoms with E-state index in [4.69, 9.17) is 4.74 Å². The van der Waals surface area contributed by atoms with Crippen molar-refractivity contribution in [1.29, 1.82) is 0 Å². The standard InChI is InChI=1S/C33H59N5O9/c1-9-11-12-13-14-15-25-21(6)33(46)38(8)24(16-19(3)4)30(43)36-27(20(5)10-2)32(45)35-23(18-39)29(42)37-28(22(7)40)31(44)34-17-26(41)47-25/h19-25,27-28,39-40H,9-18H2,1-8H3,(H,34,44)(H,35,45)(H,36,43)(H,37,42). The second kappa shape index (κ2) is 20.9. The molecular weight excluding hydrogens is 610 g/mol. The molecule has 1 saturated heterocycles. The van der Waals surface area contributed by atoms with Gasteiger partial charge in [-0.1, -0.05) is 73.6 Å². The predicted octanol–water partition coefficient (Wildman–Crippen LogP) is 0.771. The lowest BCUT2D eigenvalue weighted by atomic mass is 9.94. The van der Waals surface area contributed by atoms with Gasteiger partial charge in [-0.3, -0.25) is 28.8 Å². The Morgan fingerprint density at radius 1 is 0.851 bits per heavy atom. The normalized spacial score (nSPS) is 27.4. The number of amides is 5. The van der Waals surface area contributed by atoms with Crippen LogP contribution in [0, 0.1) is 17.8 Å². The zero-order valence-corrected chi connectivity index (χ0v) is 29.5. The number of hydrogen-bond donors (Lipinski definition) is 6. The van der Waals surface area contributed by atoms with Crippen LogP contribution in [0.15, 0.2) is 0 Å². The van der Waals surface area contributed by atoms with E-state index in [-0.39, 0.29) is 12.3 Å². The lowest BCUT2D eigenvalue weighted by Crippen LogP contribution is -2.61. The van der Waals surface area contributed by atoms with Crippen LogP contribution in [0.1, 0.15) is 99.8 Å². The summed E-state index contributed by atoms with van der Waals surface area (Å²) in [5.74, 6) is -5.65. The average molecular weight is 670 g/mol. The van der Waals surface area contributed by atoms with Gasteiger partial charge in [-0.15, -0.1) is 0 Å². The first-order valence-corrected chi connectivity index (χ1v) is 17.0. The van der Waals surface area contributed by atoms with Gasteiger partial charge in [0.25, 0.3) is 0 Å². The van der Waals surface area contributed by atoms with Crippen LogP contribution in [-0.2, 0) is 33.5 Å². The molecule has 0 aromatic carbocycles. The van der Waals surface area contributed by atoms with Gasteiger partial charge in [0.2, 0.25) is 29.5 Å². The number of nitrogens with zero attached hydrogens (tertiary/aromatic N) is 1. The molecule has 8 unspecified atom stereocenters. The topological polar surface area (TPSA) is 203 Å². The number of cyclic esters (lactones) is 1. The molecule has 1 heterocycles. The largest absolute Gasteiger partial charge is 0.460 e. The van der Waals surface area contributed by atoms with E-state index >= 15 is 0 Å². The summed E-state index contributed by atoms with van der Waals surface area (Å²) >= 11 is 0. The second-order valence-electron chi connectivity index (χ2n) is 13.2. The van der Waals surface area contributed by atoms with E-state index in [0.29, 0.717) is 19.3 Å². The third-order valence-corrected chi connectivity index (χ3v) is 8.71. The average Bonchev–Trinajstić information content (AvgIpc) is 3.03. The van der Waals surface area contributed by atoms with Gasteiger partial charge in [0.15, 0.2) is 0 Å². The highest BCUT2D eigenvalue weighted by Gasteiger charge is 2.38. The van der Waals surface area contributed by atoms with E-state index in [1.54, 1.807) is 13.8 Å². The summed E-state index contributed by atoms with van der Waals surface area (Å²) < 4.78 is 5.73. The molecule has 1 aliphatic rings. The third kappa shape index (κ3) is 13.4. The van der Waals surface area contributed by atoms with Gasteiger partial charge in [0.1, 0.15) is 36.8 Å². The van der Waals surface area contributed by atoms with Gasteiger partial charge in [-0.25, -0.2) is 0 Å². The number of carbonyl (C=O) groups is 6. The Balaban J connectivity index is 3.60. The molecule has 270 valence electrons. The fourth-order valence-electron chi connectivity index (χ4n) is 5.43. The Bertz CT molecular complexity index is 1050. The van der Waals surface area contributed by atoms with Crippen LogP contribution >= 0.6 is 0 Å². The van der Waals surface area contributed by atoms with Crippen LogP contribution in [0.2, 0.25) is 0 Å².